The van der Waals surface area contributed by atoms with E-state index < -0.39 is 0 Å². The van der Waals surface area contributed by atoms with Crippen LogP contribution in [0.2, 0.25) is 0 Å². The Hall–Kier alpha value is -0.940. The van der Waals surface area contributed by atoms with Gasteiger partial charge in [-0.25, -0.2) is 4.98 Å². The zero-order chi connectivity index (χ0) is 11.8. The van der Waals surface area contributed by atoms with Gasteiger partial charge in [0.2, 0.25) is 5.91 Å². The molecule has 0 radical (unpaired) electrons. The van der Waals surface area contributed by atoms with Gasteiger partial charge in [-0.2, -0.15) is 0 Å². The number of nitrogens with one attached hydrogen (secondary N) is 2. The van der Waals surface area contributed by atoms with Gasteiger partial charge in [0.1, 0.15) is 5.01 Å². The molecule has 2 N–H and O–H groups in total. The van der Waals surface area contributed by atoms with Crippen LogP contribution in [0.4, 0.5) is 0 Å². The molecule has 0 aliphatic carbocycles. The zero-order valence-corrected chi connectivity index (χ0v) is 10.7. The van der Waals surface area contributed by atoms with Gasteiger partial charge < -0.3 is 10.6 Å². The van der Waals surface area contributed by atoms with Crippen LogP contribution in [0.1, 0.15) is 30.2 Å². The van der Waals surface area contributed by atoms with Crippen LogP contribution in [0.3, 0.4) is 0 Å². The van der Waals surface area contributed by atoms with Crippen LogP contribution >= 0.6 is 11.3 Å². The van der Waals surface area contributed by atoms with Crippen LogP contribution in [0, 0.1) is 0 Å². The summed E-state index contributed by atoms with van der Waals surface area (Å²) < 4.78 is 0. The van der Waals surface area contributed by atoms with Crippen molar-refractivity contribution in [3.63, 3.8) is 0 Å². The monoisotopic (exact) mass is 241 g/mol. The van der Waals surface area contributed by atoms with Gasteiger partial charge >= 0.3 is 0 Å². The van der Waals surface area contributed by atoms with Crippen molar-refractivity contribution in [2.24, 2.45) is 0 Å². The molecule has 4 nitrogen and oxygen atoms in total. The highest BCUT2D eigenvalue weighted by atomic mass is 32.1. The molecule has 0 spiro atoms. The Balaban J connectivity index is 2.20. The summed E-state index contributed by atoms with van der Waals surface area (Å²) in [5.41, 5.74) is 0. The first-order chi connectivity index (χ1) is 7.76. The number of hydrogen-bond donors (Lipinski definition) is 2. The van der Waals surface area contributed by atoms with E-state index in [1.165, 1.54) is 4.88 Å². The molecule has 0 aliphatic heterocycles. The normalized spacial score (nSPS) is 10.4. The first-order valence-corrected chi connectivity index (χ1v) is 6.48. The molecule has 16 heavy (non-hydrogen) atoms. The van der Waals surface area contributed by atoms with Crippen LogP contribution in [0.25, 0.3) is 0 Å². The highest BCUT2D eigenvalue weighted by Gasteiger charge is 2.03. The molecule has 0 saturated carbocycles. The van der Waals surface area contributed by atoms with E-state index in [-0.39, 0.29) is 5.91 Å². The lowest BCUT2D eigenvalue weighted by Gasteiger charge is -2.03. The molecule has 0 atom stereocenters. The van der Waals surface area contributed by atoms with Crippen LogP contribution < -0.4 is 10.6 Å². The number of carbonyl (C=O) groups excluding carboxylic acids is 1. The quantitative estimate of drug-likeness (QED) is 0.708. The van der Waals surface area contributed by atoms with Gasteiger partial charge in [0.25, 0.3) is 0 Å². The number of nitrogens with zero attached hydrogens (tertiary/aromatic N) is 1. The Morgan fingerprint density at radius 3 is 2.94 bits per heavy atom. The van der Waals surface area contributed by atoms with Crippen molar-refractivity contribution >= 4 is 17.2 Å². The Kier molecular flexibility index (Phi) is 6.03. The minimum absolute atomic E-state index is 0.0294. The maximum absolute atomic E-state index is 11.4. The molecule has 0 bridgehead atoms. The number of amides is 1. The SMILES string of the molecule is CCCNCC(=O)NCc1ncc(CC)s1. The van der Waals surface area contributed by atoms with E-state index in [0.29, 0.717) is 13.1 Å². The van der Waals surface area contributed by atoms with Gasteiger partial charge in [0.05, 0.1) is 13.1 Å². The lowest BCUT2D eigenvalue weighted by Crippen LogP contribution is -2.33. The van der Waals surface area contributed by atoms with Crippen molar-refractivity contribution in [3.05, 3.63) is 16.1 Å². The van der Waals surface area contributed by atoms with E-state index in [1.54, 1.807) is 11.3 Å². The van der Waals surface area contributed by atoms with Crippen LogP contribution in [-0.2, 0) is 17.8 Å². The molecule has 0 aliphatic rings. The predicted octanol–water partition coefficient (Wildman–Crippen LogP) is 1.32. The van der Waals surface area contributed by atoms with Crippen molar-refractivity contribution in [2.45, 2.75) is 33.2 Å². The summed E-state index contributed by atoms with van der Waals surface area (Å²) in [6, 6.07) is 0. The molecule has 1 heterocycles. The fraction of sp³-hybridized carbons (Fsp3) is 0.636. The fourth-order valence-electron chi connectivity index (χ4n) is 1.21. The van der Waals surface area contributed by atoms with Gasteiger partial charge in [0, 0.05) is 11.1 Å². The van der Waals surface area contributed by atoms with E-state index >= 15 is 0 Å². The molecule has 5 heteroatoms. The summed E-state index contributed by atoms with van der Waals surface area (Å²) in [5.74, 6) is 0.0294. The minimum Gasteiger partial charge on any atom is -0.348 e. The summed E-state index contributed by atoms with van der Waals surface area (Å²) >= 11 is 1.66. The molecule has 0 saturated heterocycles. The average Bonchev–Trinajstić information content (AvgIpc) is 2.74. The second kappa shape index (κ2) is 7.35. The number of aromatic nitrogens is 1. The summed E-state index contributed by atoms with van der Waals surface area (Å²) in [5, 5.41) is 6.87. The number of rotatable bonds is 7. The van der Waals surface area contributed by atoms with Gasteiger partial charge in [-0.15, -0.1) is 11.3 Å². The summed E-state index contributed by atoms with van der Waals surface area (Å²) in [6.45, 7) is 5.99. The Morgan fingerprint density at radius 1 is 1.50 bits per heavy atom. The largest absolute Gasteiger partial charge is 0.348 e. The van der Waals surface area contributed by atoms with E-state index in [1.807, 2.05) is 6.20 Å². The molecule has 0 aromatic carbocycles. The van der Waals surface area contributed by atoms with Gasteiger partial charge in [0.15, 0.2) is 0 Å². The molecule has 90 valence electrons. The summed E-state index contributed by atoms with van der Waals surface area (Å²) in [6.07, 6.45) is 3.92. The van der Waals surface area contributed by atoms with Gasteiger partial charge in [-0.3, -0.25) is 4.79 Å². The van der Waals surface area contributed by atoms with Crippen molar-refractivity contribution in [2.75, 3.05) is 13.1 Å². The van der Waals surface area contributed by atoms with E-state index in [9.17, 15) is 4.79 Å². The van der Waals surface area contributed by atoms with Crippen molar-refractivity contribution in [3.8, 4) is 0 Å². The molecule has 0 unspecified atom stereocenters. The van der Waals surface area contributed by atoms with Crippen LogP contribution in [0.5, 0.6) is 0 Å². The lowest BCUT2D eigenvalue weighted by atomic mass is 10.4. The van der Waals surface area contributed by atoms with Crippen molar-refractivity contribution in [1.29, 1.82) is 0 Å². The smallest absolute Gasteiger partial charge is 0.234 e. The van der Waals surface area contributed by atoms with Crippen molar-refractivity contribution in [1.82, 2.24) is 15.6 Å². The Bertz CT molecular complexity index is 325. The van der Waals surface area contributed by atoms with Crippen LogP contribution in [-0.4, -0.2) is 24.0 Å². The second-order valence-electron chi connectivity index (χ2n) is 3.53. The zero-order valence-electron chi connectivity index (χ0n) is 9.88. The first-order valence-electron chi connectivity index (χ1n) is 5.67. The molecular weight excluding hydrogens is 222 g/mol. The second-order valence-corrected chi connectivity index (χ2v) is 4.73. The lowest BCUT2D eigenvalue weighted by molar-refractivity contribution is -0.120. The van der Waals surface area contributed by atoms with Crippen molar-refractivity contribution < 1.29 is 4.79 Å². The molecule has 1 aromatic heterocycles. The average molecular weight is 241 g/mol. The highest BCUT2D eigenvalue weighted by Crippen LogP contribution is 2.12. The minimum atomic E-state index is 0.0294. The third-order valence-corrected chi connectivity index (χ3v) is 3.24. The molecular formula is C11H19N3OS. The number of carbonyl (C=O) groups is 1. The van der Waals surface area contributed by atoms with E-state index in [4.69, 9.17) is 0 Å². The molecule has 0 fully saturated rings. The first kappa shape index (κ1) is 13.1. The summed E-state index contributed by atoms with van der Waals surface area (Å²) in [7, 11) is 0. The summed E-state index contributed by atoms with van der Waals surface area (Å²) in [4.78, 5) is 16.9. The third kappa shape index (κ3) is 4.72. The molecule has 1 rings (SSSR count). The number of hydrogen-bond acceptors (Lipinski definition) is 4. The molecule has 1 amide bonds. The topological polar surface area (TPSA) is 54.0 Å². The van der Waals surface area contributed by atoms with Gasteiger partial charge in [-0.1, -0.05) is 13.8 Å². The van der Waals surface area contributed by atoms with E-state index in [0.717, 1.165) is 24.4 Å². The molecule has 1 aromatic rings. The number of thiazole rings is 1. The van der Waals surface area contributed by atoms with Gasteiger partial charge in [-0.05, 0) is 19.4 Å². The number of aryl methyl sites for hydroxylation is 1. The maximum atomic E-state index is 11.4. The maximum Gasteiger partial charge on any atom is 0.234 e. The standard InChI is InChI=1S/C11H19N3OS/c1-3-5-12-7-10(15)13-8-11-14-6-9(4-2)16-11/h6,12H,3-5,7-8H2,1-2H3,(H,13,15). The van der Waals surface area contributed by atoms with Crippen LogP contribution in [0.15, 0.2) is 6.20 Å². The highest BCUT2D eigenvalue weighted by molar-refractivity contribution is 7.11. The van der Waals surface area contributed by atoms with E-state index in [2.05, 4.69) is 29.5 Å². The predicted molar refractivity (Wildman–Crippen MR) is 66.5 cm³/mol. The third-order valence-electron chi connectivity index (χ3n) is 2.10. The Morgan fingerprint density at radius 2 is 2.31 bits per heavy atom. The fourth-order valence-corrected chi connectivity index (χ4v) is 2.01. The Labute approximate surface area is 100 Å².